The minimum atomic E-state index is -0.664. The van der Waals surface area contributed by atoms with Gasteiger partial charge in [-0.25, -0.2) is 0 Å². The maximum atomic E-state index is 12.7. The molecule has 0 bridgehead atoms. The fourth-order valence-electron chi connectivity index (χ4n) is 2.60. The summed E-state index contributed by atoms with van der Waals surface area (Å²) in [5.74, 6) is 0.974. The van der Waals surface area contributed by atoms with Gasteiger partial charge in [-0.3, -0.25) is 9.59 Å². The number of hydrogen-bond acceptors (Lipinski definition) is 6. The van der Waals surface area contributed by atoms with E-state index in [1.807, 2.05) is 42.5 Å². The van der Waals surface area contributed by atoms with Gasteiger partial charge in [-0.05, 0) is 31.5 Å². The normalized spacial score (nSPS) is 11.7. The summed E-state index contributed by atoms with van der Waals surface area (Å²) < 4.78 is 5.11. The summed E-state index contributed by atoms with van der Waals surface area (Å²) in [6.45, 7) is 3.83. The van der Waals surface area contributed by atoms with Crippen molar-refractivity contribution in [1.82, 2.24) is 20.8 Å². The summed E-state index contributed by atoms with van der Waals surface area (Å²) in [7, 11) is 0. The average Bonchev–Trinajstić information content (AvgIpc) is 3.16. The van der Waals surface area contributed by atoms with Crippen LogP contribution in [0.15, 0.2) is 64.0 Å². The zero-order chi connectivity index (χ0) is 20.6. The van der Waals surface area contributed by atoms with E-state index in [9.17, 15) is 9.59 Å². The van der Waals surface area contributed by atoms with E-state index < -0.39 is 6.04 Å². The standard InChI is InChI=1S/C21H22N4O3S/c1-14(20(26)22-12-16-8-4-3-5-9-16)23-21(27)17-10-6-7-11-18(17)29-13-19-24-15(2)25-28-19/h3-11,14H,12-13H2,1-2H3,(H,22,26)(H,23,27). The molecular formula is C21H22N4O3S. The maximum Gasteiger partial charge on any atom is 0.253 e. The summed E-state index contributed by atoms with van der Waals surface area (Å²) >= 11 is 1.43. The molecule has 1 heterocycles. The third-order valence-corrected chi connectivity index (χ3v) is 5.16. The van der Waals surface area contributed by atoms with Crippen LogP contribution in [0.25, 0.3) is 0 Å². The number of carbonyl (C=O) groups excluding carboxylic acids is 2. The Morgan fingerprint density at radius 1 is 1.10 bits per heavy atom. The Balaban J connectivity index is 1.57. The van der Waals surface area contributed by atoms with Gasteiger partial charge < -0.3 is 15.2 Å². The molecule has 2 amide bonds. The van der Waals surface area contributed by atoms with Gasteiger partial charge in [0.05, 0.1) is 11.3 Å². The van der Waals surface area contributed by atoms with Crippen molar-refractivity contribution in [2.75, 3.05) is 0 Å². The molecule has 0 radical (unpaired) electrons. The third-order valence-electron chi connectivity index (χ3n) is 4.10. The Kier molecular flexibility index (Phi) is 7.02. The summed E-state index contributed by atoms with van der Waals surface area (Å²) in [6.07, 6.45) is 0. The zero-order valence-electron chi connectivity index (χ0n) is 16.2. The third kappa shape index (κ3) is 5.92. The van der Waals surface area contributed by atoms with Crippen LogP contribution in [0.5, 0.6) is 0 Å². The molecule has 150 valence electrons. The van der Waals surface area contributed by atoms with Crippen molar-refractivity contribution in [2.45, 2.75) is 37.1 Å². The Morgan fingerprint density at radius 2 is 1.83 bits per heavy atom. The molecular weight excluding hydrogens is 388 g/mol. The number of rotatable bonds is 8. The van der Waals surface area contributed by atoms with Gasteiger partial charge in [0.25, 0.3) is 5.91 Å². The van der Waals surface area contributed by atoms with Crippen LogP contribution in [-0.2, 0) is 17.1 Å². The Hall–Kier alpha value is -3.13. The van der Waals surface area contributed by atoms with E-state index in [0.717, 1.165) is 10.5 Å². The molecule has 1 aromatic heterocycles. The van der Waals surface area contributed by atoms with Crippen LogP contribution < -0.4 is 10.6 Å². The predicted octanol–water partition coefficient (Wildman–Crippen LogP) is 3.11. The molecule has 2 N–H and O–H groups in total. The number of benzene rings is 2. The second kappa shape index (κ2) is 9.88. The van der Waals surface area contributed by atoms with Crippen molar-refractivity contribution in [3.63, 3.8) is 0 Å². The molecule has 0 spiro atoms. The molecule has 8 heteroatoms. The minimum absolute atomic E-state index is 0.242. The highest BCUT2D eigenvalue weighted by atomic mass is 32.2. The summed E-state index contributed by atoms with van der Waals surface area (Å²) in [5, 5.41) is 9.35. The smallest absolute Gasteiger partial charge is 0.253 e. The molecule has 7 nitrogen and oxygen atoms in total. The number of aromatic nitrogens is 2. The monoisotopic (exact) mass is 410 g/mol. The van der Waals surface area contributed by atoms with Gasteiger partial charge in [0.2, 0.25) is 11.8 Å². The van der Waals surface area contributed by atoms with Gasteiger partial charge in [-0.15, -0.1) is 11.8 Å². The van der Waals surface area contributed by atoms with Crippen molar-refractivity contribution in [2.24, 2.45) is 0 Å². The highest BCUT2D eigenvalue weighted by Gasteiger charge is 2.19. The average molecular weight is 410 g/mol. The lowest BCUT2D eigenvalue weighted by Gasteiger charge is -2.15. The minimum Gasteiger partial charge on any atom is -0.350 e. The first kappa shape index (κ1) is 20.6. The number of carbonyl (C=O) groups is 2. The molecule has 1 atom stereocenters. The fourth-order valence-corrected chi connectivity index (χ4v) is 3.48. The lowest BCUT2D eigenvalue weighted by molar-refractivity contribution is -0.122. The first-order chi connectivity index (χ1) is 14.0. The first-order valence-corrected chi connectivity index (χ1v) is 10.1. The quantitative estimate of drug-likeness (QED) is 0.554. The van der Waals surface area contributed by atoms with E-state index in [1.165, 1.54) is 11.8 Å². The zero-order valence-corrected chi connectivity index (χ0v) is 17.0. The number of amides is 2. The Morgan fingerprint density at radius 3 is 2.55 bits per heavy atom. The highest BCUT2D eigenvalue weighted by Crippen LogP contribution is 2.25. The number of thioether (sulfide) groups is 1. The van der Waals surface area contributed by atoms with Gasteiger partial charge >= 0.3 is 0 Å². The lowest BCUT2D eigenvalue weighted by atomic mass is 10.2. The molecule has 1 unspecified atom stereocenters. The molecule has 0 aliphatic heterocycles. The molecule has 0 aliphatic rings. The number of nitrogens with zero attached hydrogens (tertiary/aromatic N) is 2. The van der Waals surface area contributed by atoms with E-state index >= 15 is 0 Å². The molecule has 0 aliphatic carbocycles. The van der Waals surface area contributed by atoms with Crippen molar-refractivity contribution in [3.8, 4) is 0 Å². The molecule has 3 aromatic rings. The van der Waals surface area contributed by atoms with E-state index in [1.54, 1.807) is 26.0 Å². The van der Waals surface area contributed by atoms with Crippen LogP contribution in [0.2, 0.25) is 0 Å². The van der Waals surface area contributed by atoms with E-state index in [4.69, 9.17) is 4.52 Å². The number of hydrogen-bond donors (Lipinski definition) is 2. The van der Waals surface area contributed by atoms with Crippen molar-refractivity contribution in [3.05, 3.63) is 77.4 Å². The van der Waals surface area contributed by atoms with Gasteiger partial charge in [0.1, 0.15) is 6.04 Å². The Labute approximate surface area is 173 Å². The summed E-state index contributed by atoms with van der Waals surface area (Å²) in [6, 6.07) is 16.2. The lowest BCUT2D eigenvalue weighted by Crippen LogP contribution is -2.44. The van der Waals surface area contributed by atoms with Crippen molar-refractivity contribution >= 4 is 23.6 Å². The summed E-state index contributed by atoms with van der Waals surface area (Å²) in [4.78, 5) is 30.0. The second-order valence-corrected chi connectivity index (χ2v) is 7.44. The van der Waals surface area contributed by atoms with Crippen LogP contribution in [0.4, 0.5) is 0 Å². The van der Waals surface area contributed by atoms with Crippen LogP contribution in [0.1, 0.15) is 34.6 Å². The predicted molar refractivity (Wildman–Crippen MR) is 110 cm³/mol. The first-order valence-electron chi connectivity index (χ1n) is 9.16. The van der Waals surface area contributed by atoms with Crippen LogP contribution >= 0.6 is 11.8 Å². The molecule has 0 saturated heterocycles. The van der Waals surface area contributed by atoms with E-state index in [-0.39, 0.29) is 11.8 Å². The molecule has 0 fully saturated rings. The maximum absolute atomic E-state index is 12.7. The van der Waals surface area contributed by atoms with Gasteiger partial charge in [0.15, 0.2) is 5.82 Å². The number of aryl methyl sites for hydroxylation is 1. The second-order valence-electron chi connectivity index (χ2n) is 6.42. The molecule has 0 saturated carbocycles. The molecule has 2 aromatic carbocycles. The SMILES string of the molecule is Cc1noc(CSc2ccccc2C(=O)NC(C)C(=O)NCc2ccccc2)n1. The van der Waals surface area contributed by atoms with Gasteiger partial charge in [-0.2, -0.15) is 4.98 Å². The van der Waals surface area contributed by atoms with Gasteiger partial charge in [-0.1, -0.05) is 47.6 Å². The number of nitrogens with one attached hydrogen (secondary N) is 2. The highest BCUT2D eigenvalue weighted by molar-refractivity contribution is 7.98. The van der Waals surface area contributed by atoms with Gasteiger partial charge in [0, 0.05) is 11.4 Å². The van der Waals surface area contributed by atoms with Crippen LogP contribution in [0, 0.1) is 6.92 Å². The molecule has 3 rings (SSSR count). The van der Waals surface area contributed by atoms with Crippen LogP contribution in [-0.4, -0.2) is 28.0 Å². The van der Waals surface area contributed by atoms with E-state index in [2.05, 4.69) is 20.8 Å². The van der Waals surface area contributed by atoms with E-state index in [0.29, 0.717) is 29.6 Å². The largest absolute Gasteiger partial charge is 0.350 e. The fraction of sp³-hybridized carbons (Fsp3) is 0.238. The molecule has 29 heavy (non-hydrogen) atoms. The van der Waals surface area contributed by atoms with Crippen molar-refractivity contribution < 1.29 is 14.1 Å². The summed E-state index contributed by atoms with van der Waals surface area (Å²) in [5.41, 5.74) is 1.49. The Bertz CT molecular complexity index is 975. The topological polar surface area (TPSA) is 97.1 Å². The van der Waals surface area contributed by atoms with Crippen molar-refractivity contribution in [1.29, 1.82) is 0 Å². The van der Waals surface area contributed by atoms with Crippen LogP contribution in [0.3, 0.4) is 0 Å².